The van der Waals surface area contributed by atoms with Crippen LogP contribution >= 0.6 is 0 Å². The fraction of sp³-hybridized carbons (Fsp3) is 0.130. The Morgan fingerprint density at radius 3 is 1.70 bits per heavy atom. The van der Waals surface area contributed by atoms with E-state index in [4.69, 9.17) is 0 Å². The molecule has 3 aromatic carbocycles. The number of carbonyl (C=O) groups is 2. The maximum Gasteiger partial charge on any atom is 0.337 e. The van der Waals surface area contributed by atoms with Crippen LogP contribution in [0.25, 0.3) is 0 Å². The minimum Gasteiger partial charge on any atom is -0.274 e. The van der Waals surface area contributed by atoms with Crippen molar-refractivity contribution in [1.82, 2.24) is 0 Å². The summed E-state index contributed by atoms with van der Waals surface area (Å²) in [7, 11) is 0. The molecular weight excluding hydrogens is 336 g/mol. The number of carbonyl (C=O) groups excluding carboxylic acids is 2. The molecule has 0 saturated carbocycles. The van der Waals surface area contributed by atoms with Crippen molar-refractivity contribution >= 4 is 23.3 Å². The van der Waals surface area contributed by atoms with Crippen molar-refractivity contribution in [2.24, 2.45) is 0 Å². The third-order valence-electron chi connectivity index (χ3n) is 5.11. The first-order chi connectivity index (χ1) is 13.2. The molecular formula is C23H20N2O2. The summed E-state index contributed by atoms with van der Waals surface area (Å²) in [5.41, 5.74) is 1.03. The van der Waals surface area contributed by atoms with E-state index >= 15 is 0 Å². The fourth-order valence-corrected chi connectivity index (χ4v) is 3.82. The Bertz CT molecular complexity index is 957. The molecule has 1 fully saturated rings. The van der Waals surface area contributed by atoms with E-state index in [0.29, 0.717) is 17.8 Å². The van der Waals surface area contributed by atoms with Crippen LogP contribution < -0.4 is 9.80 Å². The van der Waals surface area contributed by atoms with E-state index in [1.165, 1.54) is 4.90 Å². The van der Waals surface area contributed by atoms with E-state index in [0.717, 1.165) is 5.56 Å². The van der Waals surface area contributed by atoms with Gasteiger partial charge < -0.3 is 0 Å². The molecule has 4 rings (SSSR count). The minimum absolute atomic E-state index is 0.226. The maximum absolute atomic E-state index is 13.7. The molecule has 1 aliphatic rings. The summed E-state index contributed by atoms with van der Waals surface area (Å²) in [5, 5.41) is 0. The average Bonchev–Trinajstić information content (AvgIpc) is 2.97. The van der Waals surface area contributed by atoms with Crippen molar-refractivity contribution in [3.05, 3.63) is 96.6 Å². The summed E-state index contributed by atoms with van der Waals surface area (Å²) in [6.45, 7) is 1.95. The molecule has 3 amide bonds. The highest BCUT2D eigenvalue weighted by molar-refractivity contribution is 6.30. The number of amides is 3. The molecule has 0 N–H and O–H groups in total. The van der Waals surface area contributed by atoms with Gasteiger partial charge in [-0.25, -0.2) is 9.69 Å². The predicted molar refractivity (Wildman–Crippen MR) is 107 cm³/mol. The molecule has 1 atom stereocenters. The Labute approximate surface area is 158 Å². The summed E-state index contributed by atoms with van der Waals surface area (Å²) in [6, 6.07) is 27.7. The van der Waals surface area contributed by atoms with Crippen molar-refractivity contribution in [2.45, 2.75) is 18.9 Å². The Morgan fingerprint density at radius 2 is 1.19 bits per heavy atom. The van der Waals surface area contributed by atoms with E-state index < -0.39 is 5.54 Å². The maximum atomic E-state index is 13.7. The Kier molecular flexibility index (Phi) is 4.24. The molecule has 0 radical (unpaired) electrons. The molecule has 4 heteroatoms. The van der Waals surface area contributed by atoms with Gasteiger partial charge in [0.2, 0.25) is 0 Å². The molecule has 0 aliphatic carbocycles. The smallest absolute Gasteiger partial charge is 0.274 e. The van der Waals surface area contributed by atoms with Gasteiger partial charge in [0.15, 0.2) is 5.54 Å². The van der Waals surface area contributed by atoms with Crippen LogP contribution in [0.3, 0.4) is 0 Å². The quantitative estimate of drug-likeness (QED) is 0.620. The molecule has 4 nitrogen and oxygen atoms in total. The SMILES string of the molecule is CCC1(c2ccccc2)C(=O)N(c2ccccc2)C(=O)N1c1ccccc1. The van der Waals surface area contributed by atoms with Crippen LogP contribution in [-0.4, -0.2) is 11.9 Å². The standard InChI is InChI=1S/C23H20N2O2/c1-2-23(18-12-6-3-7-13-18)21(26)24(19-14-8-4-9-15-19)22(27)25(23)20-16-10-5-11-17-20/h3-17H,2H2,1H3. The van der Waals surface area contributed by atoms with Gasteiger partial charge in [-0.2, -0.15) is 0 Å². The number of rotatable bonds is 4. The molecule has 0 bridgehead atoms. The number of hydrogen-bond donors (Lipinski definition) is 0. The molecule has 3 aromatic rings. The molecule has 1 unspecified atom stereocenters. The average molecular weight is 356 g/mol. The van der Waals surface area contributed by atoms with Gasteiger partial charge in [0.1, 0.15) is 0 Å². The second-order valence-corrected chi connectivity index (χ2v) is 6.51. The largest absolute Gasteiger partial charge is 0.337 e. The summed E-state index contributed by atoms with van der Waals surface area (Å²) >= 11 is 0. The monoisotopic (exact) mass is 356 g/mol. The number of nitrogens with zero attached hydrogens (tertiary/aromatic N) is 2. The summed E-state index contributed by atoms with van der Waals surface area (Å²) in [4.78, 5) is 30.1. The number of para-hydroxylation sites is 2. The number of hydrogen-bond acceptors (Lipinski definition) is 2. The third kappa shape index (κ3) is 2.53. The first-order valence-corrected chi connectivity index (χ1v) is 9.04. The van der Waals surface area contributed by atoms with Gasteiger partial charge in [0.05, 0.1) is 5.69 Å². The Morgan fingerprint density at radius 1 is 0.704 bits per heavy atom. The predicted octanol–water partition coefficient (Wildman–Crippen LogP) is 4.97. The highest BCUT2D eigenvalue weighted by Crippen LogP contribution is 2.44. The topological polar surface area (TPSA) is 40.6 Å². The van der Waals surface area contributed by atoms with E-state index in [2.05, 4.69) is 0 Å². The molecule has 1 saturated heterocycles. The lowest BCUT2D eigenvalue weighted by molar-refractivity contribution is -0.121. The van der Waals surface area contributed by atoms with Crippen molar-refractivity contribution in [1.29, 1.82) is 0 Å². The molecule has 134 valence electrons. The Hall–Kier alpha value is -3.40. The lowest BCUT2D eigenvalue weighted by atomic mass is 9.85. The fourth-order valence-electron chi connectivity index (χ4n) is 3.82. The third-order valence-corrected chi connectivity index (χ3v) is 5.11. The Balaban J connectivity index is 1.96. The normalized spacial score (nSPS) is 19.6. The summed E-state index contributed by atoms with van der Waals surface area (Å²) in [5.74, 6) is -0.226. The van der Waals surface area contributed by atoms with Gasteiger partial charge in [0.25, 0.3) is 5.91 Å². The molecule has 0 aromatic heterocycles. The van der Waals surface area contributed by atoms with Crippen molar-refractivity contribution in [3.63, 3.8) is 0 Å². The number of imide groups is 1. The lowest BCUT2D eigenvalue weighted by Crippen LogP contribution is -2.46. The van der Waals surface area contributed by atoms with E-state index in [1.807, 2.05) is 85.8 Å². The van der Waals surface area contributed by atoms with Gasteiger partial charge in [0, 0.05) is 5.69 Å². The zero-order valence-electron chi connectivity index (χ0n) is 15.1. The molecule has 1 heterocycles. The van der Waals surface area contributed by atoms with Gasteiger partial charge in [-0.05, 0) is 36.2 Å². The van der Waals surface area contributed by atoms with Crippen molar-refractivity contribution in [3.8, 4) is 0 Å². The van der Waals surface area contributed by atoms with E-state index in [9.17, 15) is 9.59 Å². The van der Waals surface area contributed by atoms with Crippen LogP contribution in [0, 0.1) is 0 Å². The first kappa shape index (κ1) is 17.0. The molecule has 0 spiro atoms. The highest BCUT2D eigenvalue weighted by atomic mass is 16.2. The number of anilines is 2. The first-order valence-electron chi connectivity index (χ1n) is 9.04. The van der Waals surface area contributed by atoms with Crippen molar-refractivity contribution < 1.29 is 9.59 Å². The van der Waals surface area contributed by atoms with Gasteiger partial charge in [-0.15, -0.1) is 0 Å². The van der Waals surface area contributed by atoms with Crippen LogP contribution in [0.1, 0.15) is 18.9 Å². The summed E-state index contributed by atoms with van der Waals surface area (Å²) < 4.78 is 0. The second-order valence-electron chi connectivity index (χ2n) is 6.51. The van der Waals surface area contributed by atoms with Gasteiger partial charge in [-0.1, -0.05) is 73.7 Å². The van der Waals surface area contributed by atoms with E-state index in [-0.39, 0.29) is 11.9 Å². The number of benzene rings is 3. The minimum atomic E-state index is -1.07. The summed E-state index contributed by atoms with van der Waals surface area (Å²) in [6.07, 6.45) is 0.472. The van der Waals surface area contributed by atoms with Crippen LogP contribution in [0.15, 0.2) is 91.0 Å². The van der Waals surface area contributed by atoms with E-state index in [1.54, 1.807) is 17.0 Å². The van der Waals surface area contributed by atoms with Gasteiger partial charge in [-0.3, -0.25) is 9.69 Å². The van der Waals surface area contributed by atoms with Crippen molar-refractivity contribution in [2.75, 3.05) is 9.80 Å². The zero-order chi connectivity index (χ0) is 18.9. The molecule has 27 heavy (non-hydrogen) atoms. The van der Waals surface area contributed by atoms with Crippen LogP contribution in [0.2, 0.25) is 0 Å². The van der Waals surface area contributed by atoms with Crippen LogP contribution in [-0.2, 0) is 10.3 Å². The zero-order valence-corrected chi connectivity index (χ0v) is 15.1. The lowest BCUT2D eigenvalue weighted by Gasteiger charge is -2.34. The van der Waals surface area contributed by atoms with Crippen LogP contribution in [0.5, 0.6) is 0 Å². The molecule has 1 aliphatic heterocycles. The van der Waals surface area contributed by atoms with Gasteiger partial charge >= 0.3 is 6.03 Å². The second kappa shape index (κ2) is 6.72. The van der Waals surface area contributed by atoms with Crippen LogP contribution in [0.4, 0.5) is 16.2 Å². The highest BCUT2D eigenvalue weighted by Gasteiger charge is 2.58. The number of urea groups is 1.